The zero-order valence-corrected chi connectivity index (χ0v) is 9.64. The number of nitrogens with two attached hydrogens (primary N) is 1. The molecule has 0 spiro atoms. The smallest absolute Gasteiger partial charge is 0.324 e. The molecular weight excluding hydrogens is 218 g/mol. The van der Waals surface area contributed by atoms with Crippen LogP contribution >= 0.6 is 0 Å². The van der Waals surface area contributed by atoms with Crippen molar-refractivity contribution in [1.29, 1.82) is 0 Å². The van der Waals surface area contributed by atoms with E-state index in [9.17, 15) is 9.59 Å². The average Bonchev–Trinajstić information content (AvgIpc) is 2.56. The van der Waals surface area contributed by atoms with Crippen molar-refractivity contribution in [2.24, 2.45) is 0 Å². The van der Waals surface area contributed by atoms with E-state index in [1.807, 2.05) is 24.3 Å². The second-order valence-corrected chi connectivity index (χ2v) is 4.18. The molecule has 0 bridgehead atoms. The number of carbonyl (C=O) groups is 2. The Morgan fingerprint density at radius 3 is 2.47 bits per heavy atom. The maximum atomic E-state index is 11.6. The molecule has 0 aliphatic carbocycles. The molecular formula is C12H15N3O2. The molecule has 0 aromatic heterocycles. The summed E-state index contributed by atoms with van der Waals surface area (Å²) in [7, 11) is 1.49. The molecule has 1 aliphatic heterocycles. The van der Waals surface area contributed by atoms with Gasteiger partial charge in [-0.15, -0.1) is 0 Å². The number of hydrogen-bond acceptors (Lipinski definition) is 3. The van der Waals surface area contributed by atoms with Gasteiger partial charge in [0.2, 0.25) is 0 Å². The minimum absolute atomic E-state index is 0.162. The Hall–Kier alpha value is -2.04. The fourth-order valence-corrected chi connectivity index (χ4v) is 1.83. The molecule has 17 heavy (non-hydrogen) atoms. The second kappa shape index (κ2) is 4.45. The van der Waals surface area contributed by atoms with E-state index in [1.54, 1.807) is 0 Å². The molecule has 1 aromatic rings. The molecule has 1 heterocycles. The summed E-state index contributed by atoms with van der Waals surface area (Å²) in [5.74, 6) is -0.162. The predicted octanol–water partition coefficient (Wildman–Crippen LogP) is 0.752. The number of aryl methyl sites for hydroxylation is 1. The molecule has 5 heteroatoms. The van der Waals surface area contributed by atoms with Gasteiger partial charge in [-0.05, 0) is 30.5 Å². The molecule has 1 fully saturated rings. The van der Waals surface area contributed by atoms with E-state index in [1.165, 1.54) is 7.05 Å². The number of imide groups is 1. The Morgan fingerprint density at radius 2 is 1.94 bits per heavy atom. The van der Waals surface area contributed by atoms with Crippen molar-refractivity contribution in [3.63, 3.8) is 0 Å². The van der Waals surface area contributed by atoms with Crippen LogP contribution in [-0.4, -0.2) is 29.9 Å². The van der Waals surface area contributed by atoms with Crippen molar-refractivity contribution < 1.29 is 9.59 Å². The lowest BCUT2D eigenvalue weighted by Gasteiger charge is -2.07. The van der Waals surface area contributed by atoms with Crippen molar-refractivity contribution >= 4 is 17.6 Å². The molecule has 0 radical (unpaired) electrons. The van der Waals surface area contributed by atoms with Crippen molar-refractivity contribution in [3.05, 3.63) is 29.8 Å². The van der Waals surface area contributed by atoms with Gasteiger partial charge in [-0.25, -0.2) is 4.79 Å². The first-order chi connectivity index (χ1) is 8.08. The highest BCUT2D eigenvalue weighted by molar-refractivity contribution is 6.03. The average molecular weight is 233 g/mol. The molecule has 1 unspecified atom stereocenters. The SMILES string of the molecule is CN1C(=O)NC(CCc2ccc(N)cc2)C1=O. The van der Waals surface area contributed by atoms with Crippen LogP contribution in [0.2, 0.25) is 0 Å². The highest BCUT2D eigenvalue weighted by Crippen LogP contribution is 2.12. The van der Waals surface area contributed by atoms with E-state index in [-0.39, 0.29) is 11.9 Å². The molecule has 2 rings (SSSR count). The van der Waals surface area contributed by atoms with Crippen LogP contribution in [0.15, 0.2) is 24.3 Å². The van der Waals surface area contributed by atoms with E-state index in [0.29, 0.717) is 6.42 Å². The fourth-order valence-electron chi connectivity index (χ4n) is 1.83. The molecule has 3 amide bonds. The molecule has 1 saturated heterocycles. The number of nitrogen functional groups attached to an aromatic ring is 1. The predicted molar refractivity (Wildman–Crippen MR) is 64.3 cm³/mol. The van der Waals surface area contributed by atoms with Crippen molar-refractivity contribution in [3.8, 4) is 0 Å². The first-order valence-corrected chi connectivity index (χ1v) is 5.50. The van der Waals surface area contributed by atoms with Crippen LogP contribution < -0.4 is 11.1 Å². The lowest BCUT2D eigenvalue weighted by atomic mass is 10.1. The Bertz CT molecular complexity index is 442. The van der Waals surface area contributed by atoms with Crippen molar-refractivity contribution in [2.75, 3.05) is 12.8 Å². The number of likely N-dealkylation sites (N-methyl/N-ethyl adjacent to an activating group) is 1. The lowest BCUT2D eigenvalue weighted by molar-refractivity contribution is -0.126. The Balaban J connectivity index is 1.93. The van der Waals surface area contributed by atoms with Gasteiger partial charge < -0.3 is 11.1 Å². The van der Waals surface area contributed by atoms with Crippen LogP contribution in [0.1, 0.15) is 12.0 Å². The normalized spacial score (nSPS) is 19.6. The first kappa shape index (κ1) is 11.4. The Morgan fingerprint density at radius 1 is 1.29 bits per heavy atom. The lowest BCUT2D eigenvalue weighted by Crippen LogP contribution is -2.29. The zero-order chi connectivity index (χ0) is 12.4. The van der Waals surface area contributed by atoms with E-state index in [0.717, 1.165) is 22.6 Å². The third-order valence-corrected chi connectivity index (χ3v) is 2.93. The van der Waals surface area contributed by atoms with Gasteiger partial charge in [0.15, 0.2) is 0 Å². The third-order valence-electron chi connectivity index (χ3n) is 2.93. The van der Waals surface area contributed by atoms with E-state index >= 15 is 0 Å². The van der Waals surface area contributed by atoms with Gasteiger partial charge in [-0.2, -0.15) is 0 Å². The van der Waals surface area contributed by atoms with Gasteiger partial charge in [-0.3, -0.25) is 9.69 Å². The van der Waals surface area contributed by atoms with E-state index in [2.05, 4.69) is 5.32 Å². The van der Waals surface area contributed by atoms with Crippen molar-refractivity contribution in [1.82, 2.24) is 10.2 Å². The second-order valence-electron chi connectivity index (χ2n) is 4.18. The summed E-state index contributed by atoms with van der Waals surface area (Å²) < 4.78 is 0. The Labute approximate surface area is 99.6 Å². The largest absolute Gasteiger partial charge is 0.399 e. The minimum atomic E-state index is -0.398. The highest BCUT2D eigenvalue weighted by Gasteiger charge is 2.34. The van der Waals surface area contributed by atoms with Crippen molar-refractivity contribution in [2.45, 2.75) is 18.9 Å². The number of nitrogens with one attached hydrogen (secondary N) is 1. The molecule has 1 aromatic carbocycles. The first-order valence-electron chi connectivity index (χ1n) is 5.50. The summed E-state index contributed by atoms with van der Waals surface area (Å²) in [5.41, 5.74) is 7.41. The van der Waals surface area contributed by atoms with Gasteiger partial charge in [-0.1, -0.05) is 12.1 Å². The van der Waals surface area contributed by atoms with Crippen LogP contribution in [-0.2, 0) is 11.2 Å². The maximum absolute atomic E-state index is 11.6. The fraction of sp³-hybridized carbons (Fsp3) is 0.333. The number of urea groups is 1. The number of hydrogen-bond donors (Lipinski definition) is 2. The van der Waals surface area contributed by atoms with Crippen LogP contribution in [0, 0.1) is 0 Å². The maximum Gasteiger partial charge on any atom is 0.324 e. The number of amides is 3. The standard InChI is InChI=1S/C12H15N3O2/c1-15-11(16)10(14-12(15)17)7-4-8-2-5-9(13)6-3-8/h2-3,5-6,10H,4,7,13H2,1H3,(H,14,17). The number of nitrogens with zero attached hydrogens (tertiary/aromatic N) is 1. The van der Waals surface area contributed by atoms with Gasteiger partial charge in [0.05, 0.1) is 0 Å². The molecule has 90 valence electrons. The van der Waals surface area contributed by atoms with Gasteiger partial charge in [0, 0.05) is 12.7 Å². The van der Waals surface area contributed by atoms with Gasteiger partial charge in [0.1, 0.15) is 6.04 Å². The summed E-state index contributed by atoms with van der Waals surface area (Å²) in [6, 6.07) is 6.80. The number of rotatable bonds is 3. The molecule has 5 nitrogen and oxygen atoms in total. The summed E-state index contributed by atoms with van der Waals surface area (Å²) >= 11 is 0. The van der Waals surface area contributed by atoms with E-state index < -0.39 is 6.04 Å². The van der Waals surface area contributed by atoms with Gasteiger partial charge in [0.25, 0.3) is 5.91 Å². The van der Waals surface area contributed by atoms with Crippen LogP contribution in [0.3, 0.4) is 0 Å². The monoisotopic (exact) mass is 233 g/mol. The zero-order valence-electron chi connectivity index (χ0n) is 9.64. The van der Waals surface area contributed by atoms with Gasteiger partial charge >= 0.3 is 6.03 Å². The number of carbonyl (C=O) groups excluding carboxylic acids is 2. The third kappa shape index (κ3) is 2.38. The summed E-state index contributed by atoms with van der Waals surface area (Å²) in [6.45, 7) is 0. The topological polar surface area (TPSA) is 75.4 Å². The van der Waals surface area contributed by atoms with E-state index in [4.69, 9.17) is 5.73 Å². The summed E-state index contributed by atoms with van der Waals surface area (Å²) in [6.07, 6.45) is 1.35. The highest BCUT2D eigenvalue weighted by atomic mass is 16.2. The molecule has 1 atom stereocenters. The molecule has 1 aliphatic rings. The quantitative estimate of drug-likeness (QED) is 0.597. The van der Waals surface area contributed by atoms with Crippen LogP contribution in [0.5, 0.6) is 0 Å². The molecule has 3 N–H and O–H groups in total. The van der Waals surface area contributed by atoms with Crippen LogP contribution in [0.25, 0.3) is 0 Å². The van der Waals surface area contributed by atoms with Crippen LogP contribution in [0.4, 0.5) is 10.5 Å². The number of benzene rings is 1. The summed E-state index contributed by atoms with van der Waals surface area (Å²) in [4.78, 5) is 24.0. The minimum Gasteiger partial charge on any atom is -0.399 e. The molecule has 0 saturated carbocycles. The summed E-state index contributed by atoms with van der Waals surface area (Å²) in [5, 5.41) is 2.65. The Kier molecular flexibility index (Phi) is 2.99. The number of anilines is 1.